The molecule has 29 heavy (non-hydrogen) atoms. The molecule has 1 saturated heterocycles. The molecule has 1 aromatic heterocycles. The molecule has 1 unspecified atom stereocenters. The summed E-state index contributed by atoms with van der Waals surface area (Å²) in [6.07, 6.45) is 1.85. The van der Waals surface area contributed by atoms with Gasteiger partial charge in [-0.1, -0.05) is 43.4 Å². The van der Waals surface area contributed by atoms with Crippen LogP contribution >= 0.6 is 11.3 Å². The predicted molar refractivity (Wildman–Crippen MR) is 116 cm³/mol. The van der Waals surface area contributed by atoms with E-state index in [2.05, 4.69) is 53.6 Å². The molecule has 6 nitrogen and oxygen atoms in total. The summed E-state index contributed by atoms with van der Waals surface area (Å²) in [6.45, 7) is 8.27. The zero-order valence-electron chi connectivity index (χ0n) is 17.0. The maximum absolute atomic E-state index is 12.6. The lowest BCUT2D eigenvalue weighted by Gasteiger charge is -2.36. The molecule has 4 heterocycles. The topological polar surface area (TPSA) is 66.5 Å². The van der Waals surface area contributed by atoms with Gasteiger partial charge in [0, 0.05) is 31.2 Å². The van der Waals surface area contributed by atoms with Crippen LogP contribution in [0.4, 0.5) is 10.8 Å². The summed E-state index contributed by atoms with van der Waals surface area (Å²) in [5.41, 5.74) is 3.62. The van der Waals surface area contributed by atoms with Crippen LogP contribution < -0.4 is 15.5 Å². The van der Waals surface area contributed by atoms with E-state index in [0.29, 0.717) is 25.7 Å². The van der Waals surface area contributed by atoms with Gasteiger partial charge in [0.05, 0.1) is 24.9 Å². The number of thiazole rings is 1. The molecule has 2 aromatic rings. The highest BCUT2D eigenvalue weighted by Crippen LogP contribution is 2.38. The Morgan fingerprint density at radius 3 is 3.07 bits per heavy atom. The Morgan fingerprint density at radius 2 is 2.17 bits per heavy atom. The Labute approximate surface area is 175 Å². The van der Waals surface area contributed by atoms with Gasteiger partial charge >= 0.3 is 0 Å². The normalized spacial score (nSPS) is 25.6. The van der Waals surface area contributed by atoms with Gasteiger partial charge in [0.25, 0.3) is 5.91 Å². The lowest BCUT2D eigenvalue weighted by molar-refractivity contribution is 0.0897. The molecular formula is C22H28N4O2S. The highest BCUT2D eigenvalue weighted by molar-refractivity contribution is 7.17. The van der Waals surface area contributed by atoms with Crippen LogP contribution in [0.3, 0.4) is 0 Å². The van der Waals surface area contributed by atoms with Crippen molar-refractivity contribution in [2.24, 2.45) is 5.41 Å². The molecule has 0 bridgehead atoms. The van der Waals surface area contributed by atoms with Gasteiger partial charge in [-0.15, -0.1) is 0 Å². The van der Waals surface area contributed by atoms with E-state index in [9.17, 15) is 4.79 Å². The van der Waals surface area contributed by atoms with Crippen molar-refractivity contribution >= 4 is 28.1 Å². The van der Waals surface area contributed by atoms with E-state index in [1.54, 1.807) is 11.3 Å². The van der Waals surface area contributed by atoms with Gasteiger partial charge in [0.2, 0.25) is 0 Å². The Hall–Kier alpha value is -2.12. The molecule has 3 aliphatic heterocycles. The van der Waals surface area contributed by atoms with Gasteiger partial charge in [-0.05, 0) is 29.9 Å². The van der Waals surface area contributed by atoms with E-state index in [1.807, 2.05) is 0 Å². The van der Waals surface area contributed by atoms with E-state index in [0.717, 1.165) is 41.6 Å². The molecule has 5 rings (SSSR count). The van der Waals surface area contributed by atoms with Gasteiger partial charge in [-0.25, -0.2) is 4.98 Å². The molecule has 2 atom stereocenters. The molecule has 2 N–H and O–H groups in total. The zero-order valence-corrected chi connectivity index (χ0v) is 17.8. The van der Waals surface area contributed by atoms with Gasteiger partial charge in [-0.3, -0.25) is 4.79 Å². The number of rotatable bonds is 3. The standard InChI is InChI=1S/C22H28N4O2S/c1-22(2)10-18-19(20(27)24-13-22)29-21(25-18)26-7-8-28-12-15(26)9-14-11-23-17-6-4-3-5-16(14)17/h3-6,14-15,23H,7-13H2,1-2H3,(H,24,27)/t14?,15-/m0/s1. The average molecular weight is 413 g/mol. The minimum atomic E-state index is 0.0213. The van der Waals surface area contributed by atoms with E-state index in [-0.39, 0.29) is 17.4 Å². The molecule has 1 fully saturated rings. The summed E-state index contributed by atoms with van der Waals surface area (Å²) >= 11 is 1.54. The van der Waals surface area contributed by atoms with E-state index in [1.165, 1.54) is 11.3 Å². The average Bonchev–Trinajstić information content (AvgIpc) is 3.28. The monoisotopic (exact) mass is 412 g/mol. The van der Waals surface area contributed by atoms with Crippen molar-refractivity contribution < 1.29 is 9.53 Å². The summed E-state index contributed by atoms with van der Waals surface area (Å²) in [5.74, 6) is 0.494. The third-order valence-corrected chi connectivity index (χ3v) is 7.37. The highest BCUT2D eigenvalue weighted by atomic mass is 32.1. The Balaban J connectivity index is 1.40. The number of nitrogens with zero attached hydrogens (tertiary/aromatic N) is 2. The number of hydrogen-bond donors (Lipinski definition) is 2. The third-order valence-electron chi connectivity index (χ3n) is 6.24. The number of para-hydroxylation sites is 1. The molecular weight excluding hydrogens is 384 g/mol. The van der Waals surface area contributed by atoms with Crippen LogP contribution in [0.25, 0.3) is 0 Å². The van der Waals surface area contributed by atoms with Crippen LogP contribution in [0.1, 0.15) is 47.1 Å². The fourth-order valence-corrected chi connectivity index (χ4v) is 5.77. The van der Waals surface area contributed by atoms with Crippen LogP contribution in [0.2, 0.25) is 0 Å². The summed E-state index contributed by atoms with van der Waals surface area (Å²) in [7, 11) is 0. The highest BCUT2D eigenvalue weighted by Gasteiger charge is 2.35. The molecule has 154 valence electrons. The van der Waals surface area contributed by atoms with Crippen molar-refractivity contribution in [3.63, 3.8) is 0 Å². The third kappa shape index (κ3) is 3.62. The van der Waals surface area contributed by atoms with Crippen LogP contribution in [0.15, 0.2) is 24.3 Å². The lowest BCUT2D eigenvalue weighted by Crippen LogP contribution is -2.46. The van der Waals surface area contributed by atoms with Crippen LogP contribution in [-0.2, 0) is 11.2 Å². The number of anilines is 2. The number of fused-ring (bicyclic) bond motifs is 2. The fraction of sp³-hybridized carbons (Fsp3) is 0.545. The molecule has 0 aliphatic carbocycles. The number of carbonyl (C=O) groups is 1. The van der Waals surface area contributed by atoms with E-state index >= 15 is 0 Å². The maximum atomic E-state index is 12.6. The first-order valence-corrected chi connectivity index (χ1v) is 11.3. The summed E-state index contributed by atoms with van der Waals surface area (Å²) in [4.78, 5) is 20.7. The number of morpholine rings is 1. The second kappa shape index (κ2) is 7.29. The van der Waals surface area contributed by atoms with E-state index < -0.39 is 0 Å². The Bertz CT molecular complexity index is 925. The molecule has 7 heteroatoms. The van der Waals surface area contributed by atoms with Crippen LogP contribution in [0.5, 0.6) is 0 Å². The van der Waals surface area contributed by atoms with Gasteiger partial charge < -0.3 is 20.3 Å². The van der Waals surface area contributed by atoms with Crippen molar-refractivity contribution in [3.05, 3.63) is 40.4 Å². The largest absolute Gasteiger partial charge is 0.384 e. The summed E-state index contributed by atoms with van der Waals surface area (Å²) in [5, 5.41) is 7.57. The van der Waals surface area contributed by atoms with Crippen molar-refractivity contribution in [1.82, 2.24) is 10.3 Å². The molecule has 0 radical (unpaired) electrons. The minimum absolute atomic E-state index is 0.0213. The van der Waals surface area contributed by atoms with Crippen LogP contribution in [-0.4, -0.2) is 49.8 Å². The first-order chi connectivity index (χ1) is 14.0. The van der Waals surface area contributed by atoms with Crippen molar-refractivity contribution in [1.29, 1.82) is 0 Å². The van der Waals surface area contributed by atoms with E-state index in [4.69, 9.17) is 9.72 Å². The first-order valence-electron chi connectivity index (χ1n) is 10.5. The van der Waals surface area contributed by atoms with Gasteiger partial charge in [0.1, 0.15) is 4.88 Å². The van der Waals surface area contributed by atoms with Gasteiger partial charge in [-0.2, -0.15) is 0 Å². The summed E-state index contributed by atoms with van der Waals surface area (Å²) in [6, 6.07) is 8.85. The van der Waals surface area contributed by atoms with Gasteiger partial charge in [0.15, 0.2) is 5.13 Å². The lowest BCUT2D eigenvalue weighted by atomic mass is 9.88. The molecule has 0 saturated carbocycles. The fourth-order valence-electron chi connectivity index (χ4n) is 4.67. The first kappa shape index (κ1) is 18.9. The number of aromatic nitrogens is 1. The van der Waals surface area contributed by atoms with Crippen molar-refractivity contribution in [2.75, 3.05) is 43.1 Å². The van der Waals surface area contributed by atoms with Crippen LogP contribution in [0, 0.1) is 5.41 Å². The summed E-state index contributed by atoms with van der Waals surface area (Å²) < 4.78 is 5.84. The second-order valence-electron chi connectivity index (χ2n) is 9.12. The quantitative estimate of drug-likeness (QED) is 0.810. The number of ether oxygens (including phenoxy) is 1. The molecule has 1 amide bonds. The SMILES string of the molecule is CC1(C)CNC(=O)c2sc(N3CCOC[C@@H]3CC3CNc4ccccc43)nc2C1. The van der Waals surface area contributed by atoms with Crippen molar-refractivity contribution in [2.45, 2.75) is 38.6 Å². The molecule has 0 spiro atoms. The zero-order chi connectivity index (χ0) is 20.0. The maximum Gasteiger partial charge on any atom is 0.263 e. The number of nitrogens with one attached hydrogen (secondary N) is 2. The Kier molecular flexibility index (Phi) is 4.75. The minimum Gasteiger partial charge on any atom is -0.384 e. The number of benzene rings is 1. The van der Waals surface area contributed by atoms with Crippen molar-refractivity contribution in [3.8, 4) is 0 Å². The number of hydrogen-bond acceptors (Lipinski definition) is 6. The predicted octanol–water partition coefficient (Wildman–Crippen LogP) is 3.26. The molecule has 1 aromatic carbocycles. The molecule has 3 aliphatic rings. The number of amides is 1. The smallest absolute Gasteiger partial charge is 0.263 e. The second-order valence-corrected chi connectivity index (χ2v) is 10.1. The Morgan fingerprint density at radius 1 is 1.31 bits per heavy atom. The number of carbonyl (C=O) groups excluding carboxylic acids is 1.